The fraction of sp³-hybridized carbons (Fsp3) is 0.250. The van der Waals surface area contributed by atoms with Crippen LogP contribution in [0.25, 0.3) is 5.52 Å². The molecule has 2 heterocycles. The molecule has 0 radical (unpaired) electrons. The van der Waals surface area contributed by atoms with Crippen molar-refractivity contribution < 1.29 is 4.79 Å². The van der Waals surface area contributed by atoms with Crippen LogP contribution in [0, 0.1) is 0 Å². The molecule has 0 bridgehead atoms. The molecule has 0 spiro atoms. The number of hydrogen-bond acceptors (Lipinski definition) is 2. The lowest BCUT2D eigenvalue weighted by molar-refractivity contribution is 0.0955. The van der Waals surface area contributed by atoms with Crippen LogP contribution in [0.2, 0.25) is 0 Å². The first kappa shape index (κ1) is 9.93. The van der Waals surface area contributed by atoms with Gasteiger partial charge in [-0.25, -0.2) is 0 Å². The van der Waals surface area contributed by atoms with Crippen molar-refractivity contribution in [2.24, 2.45) is 0 Å². The maximum absolute atomic E-state index is 11.9. The maximum atomic E-state index is 11.9. The van der Waals surface area contributed by atoms with Gasteiger partial charge >= 0.3 is 0 Å². The maximum Gasteiger partial charge on any atom is 0.180 e. The van der Waals surface area contributed by atoms with Gasteiger partial charge in [0.25, 0.3) is 0 Å². The highest BCUT2D eigenvalue weighted by molar-refractivity contribution is 6.00. The molecule has 0 aliphatic heterocycles. The number of nitrogens with zero attached hydrogens (tertiary/aromatic N) is 1. The predicted octanol–water partition coefficient (Wildman–Crippen LogP) is 1.73. The number of pyridine rings is 1. The summed E-state index contributed by atoms with van der Waals surface area (Å²) in [7, 11) is 1.79. The van der Waals surface area contributed by atoms with Gasteiger partial charge in [-0.05, 0) is 32.2 Å². The normalized spacial score (nSPS) is 12.9. The van der Waals surface area contributed by atoms with Gasteiger partial charge in [0.1, 0.15) is 0 Å². The van der Waals surface area contributed by atoms with Crippen molar-refractivity contribution in [3.63, 3.8) is 0 Å². The second kappa shape index (κ2) is 3.87. The van der Waals surface area contributed by atoms with Crippen LogP contribution in [-0.2, 0) is 0 Å². The number of likely N-dealkylation sites (N-methyl/N-ethyl adjacent to an activating group) is 1. The van der Waals surface area contributed by atoms with Gasteiger partial charge in [-0.3, -0.25) is 4.79 Å². The van der Waals surface area contributed by atoms with Gasteiger partial charge in [0.15, 0.2) is 5.78 Å². The van der Waals surface area contributed by atoms with Crippen LogP contribution in [0.4, 0.5) is 0 Å². The van der Waals surface area contributed by atoms with Crippen LogP contribution in [-0.4, -0.2) is 23.3 Å². The number of hydrogen-bond donors (Lipinski definition) is 1. The highest BCUT2D eigenvalue weighted by atomic mass is 16.1. The molecular formula is C12H14N2O. The van der Waals surface area contributed by atoms with E-state index in [1.165, 1.54) is 0 Å². The van der Waals surface area contributed by atoms with Crippen molar-refractivity contribution in [2.45, 2.75) is 13.0 Å². The lowest BCUT2D eigenvalue weighted by Gasteiger charge is -2.05. The van der Waals surface area contributed by atoms with E-state index in [1.807, 2.05) is 48.0 Å². The number of nitrogens with one attached hydrogen (secondary N) is 1. The molecule has 15 heavy (non-hydrogen) atoms. The summed E-state index contributed by atoms with van der Waals surface area (Å²) in [6.07, 6.45) is 3.81. The largest absolute Gasteiger partial charge is 0.323 e. The summed E-state index contributed by atoms with van der Waals surface area (Å²) in [4.78, 5) is 11.9. The van der Waals surface area contributed by atoms with E-state index in [4.69, 9.17) is 0 Å². The molecule has 0 aliphatic carbocycles. The molecular weight excluding hydrogens is 188 g/mol. The monoisotopic (exact) mass is 202 g/mol. The SMILES string of the molecule is CN[C@H](C)C(=O)c1cc2ccccn2c1. The van der Waals surface area contributed by atoms with Crippen LogP contribution < -0.4 is 5.32 Å². The zero-order valence-electron chi connectivity index (χ0n) is 8.90. The van der Waals surface area contributed by atoms with Gasteiger partial charge in [0, 0.05) is 23.5 Å². The molecule has 2 rings (SSSR count). The molecule has 2 aromatic heterocycles. The zero-order chi connectivity index (χ0) is 10.8. The van der Waals surface area contributed by atoms with E-state index in [0.717, 1.165) is 11.1 Å². The number of carbonyl (C=O) groups excluding carboxylic acids is 1. The molecule has 3 heteroatoms. The van der Waals surface area contributed by atoms with Gasteiger partial charge in [-0.2, -0.15) is 0 Å². The third kappa shape index (κ3) is 1.78. The van der Waals surface area contributed by atoms with Gasteiger partial charge in [0.05, 0.1) is 6.04 Å². The Bertz CT molecular complexity index is 454. The Morgan fingerprint density at radius 3 is 2.93 bits per heavy atom. The van der Waals surface area contributed by atoms with E-state index < -0.39 is 0 Å². The predicted molar refractivity (Wildman–Crippen MR) is 60.2 cm³/mol. The molecule has 78 valence electrons. The van der Waals surface area contributed by atoms with E-state index in [0.29, 0.717) is 0 Å². The molecule has 0 fully saturated rings. The lowest BCUT2D eigenvalue weighted by Crippen LogP contribution is -2.30. The van der Waals surface area contributed by atoms with Gasteiger partial charge < -0.3 is 9.72 Å². The summed E-state index contributed by atoms with van der Waals surface area (Å²) in [5, 5.41) is 2.95. The number of carbonyl (C=O) groups is 1. The number of aromatic nitrogens is 1. The quantitative estimate of drug-likeness (QED) is 0.769. The Labute approximate surface area is 88.7 Å². The average Bonchev–Trinajstić information content (AvgIpc) is 2.70. The second-order valence-electron chi connectivity index (χ2n) is 3.64. The Kier molecular flexibility index (Phi) is 2.56. The molecule has 1 atom stereocenters. The van der Waals surface area contributed by atoms with Crippen LogP contribution in [0.5, 0.6) is 0 Å². The first-order chi connectivity index (χ1) is 7.22. The highest BCUT2D eigenvalue weighted by Crippen LogP contribution is 2.11. The number of rotatable bonds is 3. The molecule has 0 saturated heterocycles. The van der Waals surface area contributed by atoms with E-state index in [9.17, 15) is 4.79 Å². The molecule has 0 aromatic carbocycles. The number of Topliss-reactive ketones (excluding diaryl/α,β-unsaturated/α-hetero) is 1. The van der Waals surface area contributed by atoms with E-state index >= 15 is 0 Å². The summed E-state index contributed by atoms with van der Waals surface area (Å²) in [6.45, 7) is 1.87. The molecule has 3 nitrogen and oxygen atoms in total. The van der Waals surface area contributed by atoms with E-state index in [1.54, 1.807) is 7.05 Å². The van der Waals surface area contributed by atoms with Crippen LogP contribution in [0.1, 0.15) is 17.3 Å². The minimum absolute atomic E-state index is 0.126. The van der Waals surface area contributed by atoms with Crippen molar-refractivity contribution >= 4 is 11.3 Å². The minimum atomic E-state index is -0.137. The third-order valence-corrected chi connectivity index (χ3v) is 2.62. The van der Waals surface area contributed by atoms with E-state index in [2.05, 4.69) is 5.32 Å². The van der Waals surface area contributed by atoms with Gasteiger partial charge in [-0.1, -0.05) is 6.07 Å². The molecule has 0 amide bonds. The first-order valence-electron chi connectivity index (χ1n) is 5.00. The standard InChI is InChI=1S/C12H14N2O/c1-9(13-2)12(15)10-7-11-5-3-4-6-14(11)8-10/h3-9,13H,1-2H3/t9-/m1/s1. The Balaban J connectivity index is 2.41. The van der Waals surface area contributed by atoms with E-state index in [-0.39, 0.29) is 11.8 Å². The second-order valence-corrected chi connectivity index (χ2v) is 3.64. The molecule has 0 unspecified atom stereocenters. The average molecular weight is 202 g/mol. The fourth-order valence-corrected chi connectivity index (χ4v) is 1.57. The molecule has 1 N–H and O–H groups in total. The van der Waals surface area contributed by atoms with Gasteiger partial charge in [0.2, 0.25) is 0 Å². The van der Waals surface area contributed by atoms with Crippen molar-refractivity contribution in [3.05, 3.63) is 42.2 Å². The first-order valence-corrected chi connectivity index (χ1v) is 5.00. The van der Waals surface area contributed by atoms with Gasteiger partial charge in [-0.15, -0.1) is 0 Å². The summed E-state index contributed by atoms with van der Waals surface area (Å²) in [6, 6.07) is 7.67. The molecule has 0 saturated carbocycles. The van der Waals surface area contributed by atoms with Crippen molar-refractivity contribution in [2.75, 3.05) is 7.05 Å². The number of fused-ring (bicyclic) bond motifs is 1. The van der Waals surface area contributed by atoms with Crippen LogP contribution in [0.3, 0.4) is 0 Å². The Hall–Kier alpha value is -1.61. The fourth-order valence-electron chi connectivity index (χ4n) is 1.57. The van der Waals surface area contributed by atoms with Crippen molar-refractivity contribution in [1.29, 1.82) is 0 Å². The summed E-state index contributed by atoms with van der Waals surface area (Å²) in [5.74, 6) is 0.126. The van der Waals surface area contributed by atoms with Crippen molar-refractivity contribution in [3.8, 4) is 0 Å². The minimum Gasteiger partial charge on any atom is -0.323 e. The summed E-state index contributed by atoms with van der Waals surface area (Å²) >= 11 is 0. The molecule has 2 aromatic rings. The third-order valence-electron chi connectivity index (χ3n) is 2.62. The van der Waals surface area contributed by atoms with Crippen LogP contribution in [0.15, 0.2) is 36.7 Å². The molecule has 0 aliphatic rings. The highest BCUT2D eigenvalue weighted by Gasteiger charge is 2.14. The summed E-state index contributed by atoms with van der Waals surface area (Å²) in [5.41, 5.74) is 1.80. The van der Waals surface area contributed by atoms with Crippen LogP contribution >= 0.6 is 0 Å². The Morgan fingerprint density at radius 2 is 2.27 bits per heavy atom. The topological polar surface area (TPSA) is 33.5 Å². The summed E-state index contributed by atoms with van der Waals surface area (Å²) < 4.78 is 1.95. The Morgan fingerprint density at radius 1 is 1.47 bits per heavy atom. The zero-order valence-corrected chi connectivity index (χ0v) is 8.90. The number of ketones is 1. The van der Waals surface area contributed by atoms with Crippen molar-refractivity contribution in [1.82, 2.24) is 9.72 Å². The lowest BCUT2D eigenvalue weighted by atomic mass is 10.1. The smallest absolute Gasteiger partial charge is 0.180 e.